The molecule has 42 heavy (non-hydrogen) atoms. The Kier molecular flexibility index (Phi) is 5.83. The van der Waals surface area contributed by atoms with Crippen molar-refractivity contribution in [2.75, 3.05) is 0 Å². The van der Waals surface area contributed by atoms with Gasteiger partial charge in [-0.3, -0.25) is 0 Å². The fourth-order valence-electron chi connectivity index (χ4n) is 7.23. The van der Waals surface area contributed by atoms with Gasteiger partial charge in [0, 0.05) is 0 Å². The Morgan fingerprint density at radius 2 is 0.976 bits per heavy atom. The van der Waals surface area contributed by atoms with Gasteiger partial charge in [-0.05, 0) is 100 Å². The summed E-state index contributed by atoms with van der Waals surface area (Å²) in [7, 11) is 0. The second-order valence-corrected chi connectivity index (χ2v) is 11.6. The fraction of sp³-hybridized carbons (Fsp3) is 0.0952. The molecule has 8 rings (SSSR count). The van der Waals surface area contributed by atoms with Crippen LogP contribution >= 0.6 is 0 Å². The van der Waals surface area contributed by atoms with Gasteiger partial charge in [0.25, 0.3) is 0 Å². The highest BCUT2D eigenvalue weighted by atomic mass is 14.2. The molecule has 0 radical (unpaired) electrons. The quantitative estimate of drug-likeness (QED) is 0.155. The molecule has 0 fully saturated rings. The number of hydrogen-bond acceptors (Lipinski definition) is 0. The Bertz CT molecular complexity index is 2230. The van der Waals surface area contributed by atoms with Crippen molar-refractivity contribution in [1.29, 1.82) is 0 Å². The molecule has 0 aliphatic carbocycles. The highest BCUT2D eigenvalue weighted by molar-refractivity contribution is 6.25. The Morgan fingerprint density at radius 1 is 0.429 bits per heavy atom. The summed E-state index contributed by atoms with van der Waals surface area (Å²) in [5.41, 5.74) is 6.64. The third-order valence-corrected chi connectivity index (χ3v) is 9.31. The van der Waals surface area contributed by atoms with E-state index in [2.05, 4.69) is 153 Å². The SMILES string of the molecule is CCC(C)c1c2ccccc2cc2c1ccc1c(-c3c4ccccc4c(-c4ccccc4)c4ccccc34)cccc12. The van der Waals surface area contributed by atoms with Gasteiger partial charge in [-0.25, -0.2) is 0 Å². The Morgan fingerprint density at radius 3 is 1.64 bits per heavy atom. The molecule has 0 aliphatic heterocycles. The number of rotatable bonds is 4. The van der Waals surface area contributed by atoms with Gasteiger partial charge < -0.3 is 0 Å². The minimum absolute atomic E-state index is 0.484. The van der Waals surface area contributed by atoms with E-state index < -0.39 is 0 Å². The van der Waals surface area contributed by atoms with Crippen molar-refractivity contribution in [1.82, 2.24) is 0 Å². The van der Waals surface area contributed by atoms with E-state index in [-0.39, 0.29) is 0 Å². The lowest BCUT2D eigenvalue weighted by atomic mass is 9.83. The zero-order valence-corrected chi connectivity index (χ0v) is 24.1. The molecule has 1 unspecified atom stereocenters. The lowest BCUT2D eigenvalue weighted by molar-refractivity contribution is 0.745. The van der Waals surface area contributed by atoms with Crippen molar-refractivity contribution in [2.24, 2.45) is 0 Å². The van der Waals surface area contributed by atoms with E-state index in [9.17, 15) is 0 Å². The minimum atomic E-state index is 0.484. The average Bonchev–Trinajstić information content (AvgIpc) is 3.05. The molecule has 0 saturated heterocycles. The smallest absolute Gasteiger partial charge is 0.00201 e. The van der Waals surface area contributed by atoms with Gasteiger partial charge in [0.15, 0.2) is 0 Å². The van der Waals surface area contributed by atoms with Crippen LogP contribution in [0.5, 0.6) is 0 Å². The third kappa shape index (κ3) is 3.68. The van der Waals surface area contributed by atoms with Crippen LogP contribution in [0.1, 0.15) is 31.7 Å². The summed E-state index contributed by atoms with van der Waals surface area (Å²) in [6.07, 6.45) is 1.12. The fourth-order valence-corrected chi connectivity index (χ4v) is 7.23. The van der Waals surface area contributed by atoms with Gasteiger partial charge in [-0.2, -0.15) is 0 Å². The maximum atomic E-state index is 2.41. The number of fused-ring (bicyclic) bond motifs is 6. The second-order valence-electron chi connectivity index (χ2n) is 11.6. The van der Waals surface area contributed by atoms with E-state index in [1.807, 2.05) is 0 Å². The first kappa shape index (κ1) is 24.8. The van der Waals surface area contributed by atoms with Crippen LogP contribution in [0.2, 0.25) is 0 Å². The molecule has 0 heterocycles. The van der Waals surface area contributed by atoms with Crippen molar-refractivity contribution in [2.45, 2.75) is 26.2 Å². The largest absolute Gasteiger partial charge is 0.0648 e. The van der Waals surface area contributed by atoms with Crippen LogP contribution in [0.3, 0.4) is 0 Å². The lowest BCUT2D eigenvalue weighted by Crippen LogP contribution is -1.96. The van der Waals surface area contributed by atoms with Gasteiger partial charge >= 0.3 is 0 Å². The van der Waals surface area contributed by atoms with E-state index in [0.29, 0.717) is 5.92 Å². The zero-order valence-electron chi connectivity index (χ0n) is 24.1. The van der Waals surface area contributed by atoms with Crippen LogP contribution in [-0.4, -0.2) is 0 Å². The predicted molar refractivity (Wildman–Crippen MR) is 184 cm³/mol. The molecule has 8 aromatic rings. The number of benzene rings is 8. The van der Waals surface area contributed by atoms with Crippen LogP contribution in [-0.2, 0) is 0 Å². The molecule has 0 aliphatic rings. The van der Waals surface area contributed by atoms with Gasteiger partial charge in [-0.15, -0.1) is 0 Å². The molecule has 0 aromatic heterocycles. The highest BCUT2D eigenvalue weighted by Crippen LogP contribution is 2.46. The molecule has 1 atom stereocenters. The highest BCUT2D eigenvalue weighted by Gasteiger charge is 2.19. The van der Waals surface area contributed by atoms with Gasteiger partial charge in [0.05, 0.1) is 0 Å². The van der Waals surface area contributed by atoms with Crippen molar-refractivity contribution in [3.63, 3.8) is 0 Å². The summed E-state index contributed by atoms with van der Waals surface area (Å²) in [5.74, 6) is 0.484. The van der Waals surface area contributed by atoms with Gasteiger partial charge in [0.1, 0.15) is 0 Å². The molecular formula is C42H32. The summed E-state index contributed by atoms with van der Waals surface area (Å²) >= 11 is 0. The van der Waals surface area contributed by atoms with Crippen molar-refractivity contribution < 1.29 is 0 Å². The van der Waals surface area contributed by atoms with E-state index in [1.54, 1.807) is 0 Å². The molecule has 8 aromatic carbocycles. The monoisotopic (exact) mass is 536 g/mol. The molecule has 200 valence electrons. The standard InChI is InChI=1S/C42H32/c1-3-27(2)40-30-17-8-7-16-29(30)26-39-31-22-13-23-33(32(31)24-25-38(39)40)42-36-20-11-9-18-34(36)41(28-14-5-4-6-15-28)35-19-10-12-21-37(35)42/h4-27H,3H2,1-2H3. The first-order chi connectivity index (χ1) is 20.7. The first-order valence-corrected chi connectivity index (χ1v) is 15.1. The van der Waals surface area contributed by atoms with Crippen LogP contribution in [0.25, 0.3) is 76.1 Å². The lowest BCUT2D eigenvalue weighted by Gasteiger charge is -2.20. The van der Waals surface area contributed by atoms with Crippen molar-refractivity contribution in [3.8, 4) is 22.3 Å². The molecule has 0 N–H and O–H groups in total. The Labute approximate surface area is 246 Å². The van der Waals surface area contributed by atoms with Gasteiger partial charge in [-0.1, -0.05) is 147 Å². The van der Waals surface area contributed by atoms with Gasteiger partial charge in [0.2, 0.25) is 0 Å². The summed E-state index contributed by atoms with van der Waals surface area (Å²) < 4.78 is 0. The maximum Gasteiger partial charge on any atom is -0.00201 e. The molecule has 0 nitrogen and oxygen atoms in total. The molecular weight excluding hydrogens is 504 g/mol. The minimum Gasteiger partial charge on any atom is -0.0648 e. The van der Waals surface area contributed by atoms with E-state index >= 15 is 0 Å². The average molecular weight is 537 g/mol. The molecule has 0 bridgehead atoms. The van der Waals surface area contributed by atoms with Crippen LogP contribution < -0.4 is 0 Å². The van der Waals surface area contributed by atoms with Crippen LogP contribution in [0, 0.1) is 0 Å². The van der Waals surface area contributed by atoms with Crippen LogP contribution in [0.15, 0.2) is 140 Å². The van der Waals surface area contributed by atoms with Crippen molar-refractivity contribution >= 4 is 53.9 Å². The zero-order chi connectivity index (χ0) is 28.2. The second kappa shape index (κ2) is 9.86. The molecule has 0 saturated carbocycles. The predicted octanol–water partition coefficient (Wildman–Crippen LogP) is 12.3. The normalized spacial score (nSPS) is 12.5. The summed E-state index contributed by atoms with van der Waals surface area (Å²) in [6, 6.07) is 51.7. The summed E-state index contributed by atoms with van der Waals surface area (Å²) in [6.45, 7) is 4.67. The topological polar surface area (TPSA) is 0 Å². The van der Waals surface area contributed by atoms with Crippen molar-refractivity contribution in [3.05, 3.63) is 145 Å². The summed E-state index contributed by atoms with van der Waals surface area (Å²) in [4.78, 5) is 0. The Hall–Kier alpha value is -4.94. The first-order valence-electron chi connectivity index (χ1n) is 15.1. The summed E-state index contributed by atoms with van der Waals surface area (Å²) in [5, 5.41) is 13.2. The molecule has 0 spiro atoms. The van der Waals surface area contributed by atoms with E-state index in [1.165, 1.54) is 81.7 Å². The number of hydrogen-bond donors (Lipinski definition) is 0. The third-order valence-electron chi connectivity index (χ3n) is 9.31. The van der Waals surface area contributed by atoms with E-state index in [4.69, 9.17) is 0 Å². The van der Waals surface area contributed by atoms with Crippen LogP contribution in [0.4, 0.5) is 0 Å². The maximum absolute atomic E-state index is 2.41. The van der Waals surface area contributed by atoms with E-state index in [0.717, 1.165) is 6.42 Å². The Balaban J connectivity index is 1.51. The molecule has 0 amide bonds. The molecule has 0 heteroatoms.